The molecule has 13 aromatic carbocycles. The lowest BCUT2D eigenvalue weighted by molar-refractivity contribution is -0.618. The molecule has 13 nitrogen and oxygen atoms in total. The summed E-state index contributed by atoms with van der Waals surface area (Å²) in [5, 5.41) is 6.72. The number of benzene rings is 13. The number of hydrogen-bond donors (Lipinski definition) is 0. The number of pyridine rings is 2. The molecule has 2 saturated carbocycles. The third kappa shape index (κ3) is 16.9. The monoisotopic (exact) mass is 1850 g/mol. The van der Waals surface area contributed by atoms with E-state index in [4.69, 9.17) is 26.5 Å². The maximum absolute atomic E-state index is 6.73. The lowest BCUT2D eigenvalue weighted by atomic mass is 9.86. The van der Waals surface area contributed by atoms with Crippen molar-refractivity contribution in [2.24, 2.45) is 0 Å². The van der Waals surface area contributed by atoms with Crippen LogP contribution in [0.2, 0.25) is 0 Å². The summed E-state index contributed by atoms with van der Waals surface area (Å²) in [6, 6.07) is 116. The molecule has 0 spiro atoms. The number of furan rings is 3. The predicted octanol–water partition coefficient (Wildman–Crippen LogP) is 31.8. The van der Waals surface area contributed by atoms with Gasteiger partial charge in [0.1, 0.15) is 39.5 Å². The first-order chi connectivity index (χ1) is 68.7. The summed E-state index contributed by atoms with van der Waals surface area (Å²) in [5.41, 5.74) is 36.1. The van der Waals surface area contributed by atoms with Gasteiger partial charge in [-0.15, -0.1) is 13.7 Å². The van der Waals surface area contributed by atoms with E-state index in [9.17, 15) is 0 Å². The molecule has 0 bridgehead atoms. The van der Waals surface area contributed by atoms with Gasteiger partial charge in [-0.2, -0.15) is 17.9 Å². The Morgan fingerprint density at radius 1 is 0.262 bits per heavy atom. The fraction of sp³-hybridized carbons (Fsp3) is 0.211. The molecule has 2 fully saturated rings. The molecule has 0 radical (unpaired) electrons. The first-order valence-corrected chi connectivity index (χ1v) is 50.0. The smallest absolute Gasteiger partial charge is 0.387 e. The molecule has 13 heteroatoms. The summed E-state index contributed by atoms with van der Waals surface area (Å²) in [7, 11) is 0. The van der Waals surface area contributed by atoms with Gasteiger partial charge in [0, 0.05) is 124 Å². The van der Waals surface area contributed by atoms with Crippen LogP contribution in [0.25, 0.3) is 162 Å². The third-order valence-electron chi connectivity index (χ3n) is 29.0. The molecule has 0 atom stereocenters. The maximum atomic E-state index is 6.73. The van der Waals surface area contributed by atoms with Crippen LogP contribution in [0.15, 0.2) is 373 Å². The van der Waals surface area contributed by atoms with Crippen molar-refractivity contribution in [2.75, 3.05) is 0 Å². The highest BCUT2D eigenvalue weighted by atomic mass is 16.4. The van der Waals surface area contributed by atoms with Gasteiger partial charge in [0.25, 0.3) is 28.4 Å². The summed E-state index contributed by atoms with van der Waals surface area (Å²) in [4.78, 5) is 0. The zero-order valence-corrected chi connectivity index (χ0v) is 83.5. The molecule has 10 aromatic heterocycles. The fourth-order valence-corrected chi connectivity index (χ4v) is 22.2. The van der Waals surface area contributed by atoms with E-state index in [1.807, 2.05) is 109 Å². The molecule has 2 aliphatic carbocycles. The Morgan fingerprint density at radius 2 is 0.582 bits per heavy atom. The van der Waals surface area contributed by atoms with Crippen LogP contribution in [0.3, 0.4) is 0 Å². The number of aromatic nitrogens is 7. The van der Waals surface area contributed by atoms with E-state index in [1.165, 1.54) is 125 Å². The summed E-state index contributed by atoms with van der Waals surface area (Å²) in [6.45, 7) is 32.6. The van der Waals surface area contributed by atoms with Gasteiger partial charge in [0.05, 0.1) is 28.9 Å². The highest BCUT2D eigenvalue weighted by molar-refractivity contribution is 6.09. The Kier molecular flexibility index (Phi) is 25.1. The largest absolute Gasteiger partial charge is 0.449 e. The van der Waals surface area contributed by atoms with Crippen molar-refractivity contribution >= 4 is 77.1 Å². The molecule has 25 rings (SSSR count). The van der Waals surface area contributed by atoms with Gasteiger partial charge in [-0.05, 0) is 190 Å². The minimum absolute atomic E-state index is 0.182. The number of rotatable bonds is 12. The zero-order valence-electron chi connectivity index (χ0n) is 83.5. The van der Waals surface area contributed by atoms with Gasteiger partial charge < -0.3 is 26.5 Å². The van der Waals surface area contributed by atoms with E-state index in [0.717, 1.165) is 179 Å². The average molecular weight is 1850 g/mol. The number of fused-ring (bicyclic) bond motifs is 11. The topological polar surface area (TPSA) is 109 Å². The van der Waals surface area contributed by atoms with Crippen molar-refractivity contribution < 1.29 is 49.0 Å². The van der Waals surface area contributed by atoms with Gasteiger partial charge >= 0.3 is 17.7 Å². The molecular formula is C128H122N7O6+5. The van der Waals surface area contributed by atoms with Gasteiger partial charge in [0.2, 0.25) is 51.1 Å². The minimum atomic E-state index is -0.182. The van der Waals surface area contributed by atoms with E-state index in [0.29, 0.717) is 11.8 Å². The summed E-state index contributed by atoms with van der Waals surface area (Å²) in [5.74, 6) is 6.55. The van der Waals surface area contributed by atoms with Crippen LogP contribution in [0.5, 0.6) is 0 Å². The standard InChI is InChI=1S/C31H26NO2.C29H22NO2.C27H26NO2.C21H25N2.C20H23N2/c1-19-11-10-12-20(2)27(19)31-32(22(4)29(34-31)23-13-6-5-7-14-23)28-21(3)17-18-25-24-15-8-9-16-26(24)33-30(25)28;1-19-17-18-24-23-15-9-10-16-25(23)31-28(24)26(19)30-20(2)27(21-11-5-3-6-12-21)32-29(30)22-13-7-4-8-14-22;1-17-15-16-21-20-13-9-10-14-22(20)29-25(21)23(17)28-18(2)24(19-11-7-6-8-12-19)30-26(28)27(3,4)5;1-16-10-6-7-13-19(16)23-17(2)21(18-11-4-3-5-12-18)22-15-9-8-14-20(22)23;1-15-9-3-6-12-18(15)22-16(2)20(17-10-4-5-11-17)21-14-8-7-13-19(21)22/h5-18H,1-4H3;3-18H,1-2H3;6-16H,1-5H3;6-10,13-15,18H,3-5,11-12H2,1-2H3;3,6-9,12-14,17H,4-5,10-11H2,1-2H3/q5*+1. The predicted molar refractivity (Wildman–Crippen MR) is 570 cm³/mol. The number of imidazole rings is 2. The molecular weight excluding hydrogens is 1730 g/mol. The number of nitrogens with zero attached hydrogens (tertiary/aromatic N) is 7. The number of para-hydroxylation sites is 5. The lowest BCUT2D eigenvalue weighted by Crippen LogP contribution is -2.41. The molecule has 141 heavy (non-hydrogen) atoms. The second-order valence-electron chi connectivity index (χ2n) is 39.4. The van der Waals surface area contributed by atoms with Gasteiger partial charge in [0.15, 0.2) is 11.4 Å². The molecule has 0 amide bonds. The van der Waals surface area contributed by atoms with Gasteiger partial charge in [-0.1, -0.05) is 281 Å². The summed E-state index contributed by atoms with van der Waals surface area (Å²) >= 11 is 0. The molecule has 0 aliphatic heterocycles. The van der Waals surface area contributed by atoms with Crippen molar-refractivity contribution in [1.82, 2.24) is 9.13 Å². The number of aryl methyl sites for hydroxylation is 7. The van der Waals surface area contributed by atoms with E-state index in [-0.39, 0.29) is 5.41 Å². The van der Waals surface area contributed by atoms with Crippen molar-refractivity contribution in [2.45, 2.75) is 179 Å². The second-order valence-corrected chi connectivity index (χ2v) is 39.4. The van der Waals surface area contributed by atoms with Crippen LogP contribution >= 0.6 is 0 Å². The van der Waals surface area contributed by atoms with Crippen LogP contribution in [-0.4, -0.2) is 9.13 Å². The Morgan fingerprint density at radius 3 is 0.979 bits per heavy atom. The normalized spacial score (nSPS) is 13.0. The molecule has 700 valence electrons. The van der Waals surface area contributed by atoms with Crippen LogP contribution in [0, 0.1) is 83.1 Å². The fourth-order valence-electron chi connectivity index (χ4n) is 22.2. The average Bonchev–Trinajstić information content (AvgIpc) is 1.62. The van der Waals surface area contributed by atoms with Gasteiger partial charge in [-0.25, -0.2) is 0 Å². The molecule has 0 N–H and O–H groups in total. The maximum Gasteiger partial charge on any atom is 0.387 e. The Balaban J connectivity index is 0.000000105. The first-order valence-electron chi connectivity index (χ1n) is 50.0. The molecule has 0 saturated heterocycles. The minimum Gasteiger partial charge on any atom is -0.449 e. The summed E-state index contributed by atoms with van der Waals surface area (Å²) in [6.07, 6.45) is 16.7. The van der Waals surface area contributed by atoms with E-state index in [1.54, 1.807) is 0 Å². The zero-order chi connectivity index (χ0) is 97.0. The second kappa shape index (κ2) is 38.6. The van der Waals surface area contributed by atoms with Crippen molar-refractivity contribution in [3.05, 3.63) is 431 Å². The number of oxazole rings is 3. The van der Waals surface area contributed by atoms with Crippen LogP contribution in [0.1, 0.15) is 175 Å². The van der Waals surface area contributed by atoms with Crippen LogP contribution in [0.4, 0.5) is 0 Å². The van der Waals surface area contributed by atoms with Crippen molar-refractivity contribution in [3.63, 3.8) is 0 Å². The lowest BCUT2D eigenvalue weighted by Gasteiger charge is -2.19. The van der Waals surface area contributed by atoms with Gasteiger partial charge in [-0.3, -0.25) is 0 Å². The van der Waals surface area contributed by atoms with Crippen LogP contribution < -0.4 is 22.5 Å². The van der Waals surface area contributed by atoms with E-state index >= 15 is 0 Å². The molecule has 10 heterocycles. The Labute approximate surface area is 824 Å². The molecule has 0 unspecified atom stereocenters. The van der Waals surface area contributed by atoms with E-state index in [2.05, 4.69) is 372 Å². The molecule has 23 aromatic rings. The highest BCUT2D eigenvalue weighted by Gasteiger charge is 2.42. The Bertz CT molecular complexity index is 8570. The molecule has 2 aliphatic rings. The quantitative estimate of drug-likeness (QED) is 0.113. The van der Waals surface area contributed by atoms with Crippen molar-refractivity contribution in [1.29, 1.82) is 0 Å². The SMILES string of the molecule is Cc1ccc2c(oc3ccccc32)c1-[n+]1c(-c2ccccc2)oc(-c2ccccc2)c1C.Cc1ccc2c(oc3ccccc32)c1-[n+]1c(C(C)(C)C)oc(-c2ccccc2)c1C.Cc1cccc(C)c1-c1oc(-c2ccccc2)c(C)[n+]1-c1c(C)ccc2c1oc1ccccc12.Cc1ccccc1-n1c(C)c(C2CCCC2)[n+]2ccccc12.Cc1ccccc1-n1c(C)c(C2CCCCC2)[n+]2ccccc12. The number of hydrogen-bond acceptors (Lipinski definition) is 6. The van der Waals surface area contributed by atoms with Crippen molar-refractivity contribution in [3.8, 4) is 85.3 Å². The Hall–Kier alpha value is -15.7. The van der Waals surface area contributed by atoms with E-state index < -0.39 is 0 Å². The first kappa shape index (κ1) is 91.7. The van der Waals surface area contributed by atoms with Crippen LogP contribution in [-0.2, 0) is 5.41 Å². The highest BCUT2D eigenvalue weighted by Crippen LogP contribution is 2.44. The summed E-state index contributed by atoms with van der Waals surface area (Å²) < 4.78 is 55.6. The third-order valence-corrected chi connectivity index (χ3v) is 29.0.